The molecule has 28 heavy (non-hydrogen) atoms. The molecule has 0 radical (unpaired) electrons. The smallest absolute Gasteiger partial charge is 0.321 e. The maximum Gasteiger partial charge on any atom is 0.321 e. The number of amides is 1. The van der Waals surface area contributed by atoms with Crippen molar-refractivity contribution in [1.29, 1.82) is 0 Å². The number of halogens is 3. The van der Waals surface area contributed by atoms with Crippen molar-refractivity contribution in [3.63, 3.8) is 0 Å². The van der Waals surface area contributed by atoms with Crippen molar-refractivity contribution in [2.24, 2.45) is 0 Å². The Morgan fingerprint density at radius 2 is 1.61 bits per heavy atom. The average Bonchev–Trinajstić information content (AvgIpc) is 2.63. The van der Waals surface area contributed by atoms with E-state index in [1.54, 1.807) is 6.07 Å². The molecule has 0 heterocycles. The molecule has 0 aliphatic rings. The molecule has 2 aromatic carbocycles. The molecule has 0 bridgehead atoms. The van der Waals surface area contributed by atoms with Crippen molar-refractivity contribution in [3.05, 3.63) is 57.5 Å². The van der Waals surface area contributed by atoms with E-state index in [1.165, 1.54) is 43.4 Å². The molecule has 150 valence electrons. The first-order valence-corrected chi connectivity index (χ1v) is 10.3. The van der Waals surface area contributed by atoms with Crippen LogP contribution in [0.15, 0.2) is 47.4 Å². The van der Waals surface area contributed by atoms with Gasteiger partial charge in [0.05, 0.1) is 20.6 Å². The van der Waals surface area contributed by atoms with Crippen molar-refractivity contribution < 1.29 is 22.7 Å². The van der Waals surface area contributed by atoms with E-state index in [1.807, 2.05) is 0 Å². The number of rotatable bonds is 7. The normalized spacial score (nSPS) is 11.3. The van der Waals surface area contributed by atoms with Crippen molar-refractivity contribution in [3.8, 4) is 0 Å². The van der Waals surface area contributed by atoms with Gasteiger partial charge in [-0.2, -0.15) is 4.31 Å². The molecular formula is C17H15Cl3N2O5S. The molecule has 11 heteroatoms. The molecular weight excluding hydrogens is 451 g/mol. The number of ether oxygens (including phenoxy) is 1. The van der Waals surface area contributed by atoms with Gasteiger partial charge in [-0.05, 0) is 36.4 Å². The Morgan fingerprint density at radius 3 is 2.18 bits per heavy atom. The van der Waals surface area contributed by atoms with Crippen LogP contribution in [-0.2, 0) is 24.3 Å². The predicted octanol–water partition coefficient (Wildman–Crippen LogP) is 3.45. The van der Waals surface area contributed by atoms with Gasteiger partial charge in [0.25, 0.3) is 5.91 Å². The second kappa shape index (κ2) is 9.58. The van der Waals surface area contributed by atoms with E-state index in [0.717, 1.165) is 4.31 Å². The van der Waals surface area contributed by atoms with E-state index in [9.17, 15) is 18.0 Å². The number of hydrogen-bond donors (Lipinski definition) is 1. The van der Waals surface area contributed by atoms with Gasteiger partial charge in [0, 0.05) is 12.1 Å². The summed E-state index contributed by atoms with van der Waals surface area (Å²) in [5.41, 5.74) is 0.189. The standard InChI is InChI=1S/C17H15Cl3N2O5S/c1-22(28(25,26)12-7-5-11(18)6-8-12)9-16(24)27-10-15(23)21-17-13(19)3-2-4-14(17)20/h2-8H,9-10H2,1H3,(H,21,23). The molecule has 1 N–H and O–H groups in total. The van der Waals surface area contributed by atoms with Gasteiger partial charge in [0.1, 0.15) is 6.54 Å². The number of benzene rings is 2. The van der Waals surface area contributed by atoms with Crippen molar-refractivity contribution in [2.75, 3.05) is 25.5 Å². The van der Waals surface area contributed by atoms with Crippen LogP contribution in [0.3, 0.4) is 0 Å². The maximum atomic E-state index is 12.4. The highest BCUT2D eigenvalue weighted by atomic mass is 35.5. The van der Waals surface area contributed by atoms with Crippen LogP contribution in [0.2, 0.25) is 15.1 Å². The Hall–Kier alpha value is -1.84. The summed E-state index contributed by atoms with van der Waals surface area (Å²) >= 11 is 17.6. The molecule has 0 saturated heterocycles. The zero-order valence-corrected chi connectivity index (χ0v) is 17.6. The molecule has 2 rings (SSSR count). The minimum absolute atomic E-state index is 0.0293. The number of carbonyl (C=O) groups excluding carboxylic acids is 2. The van der Waals surface area contributed by atoms with Crippen LogP contribution in [0, 0.1) is 0 Å². The van der Waals surface area contributed by atoms with Crippen LogP contribution in [0.1, 0.15) is 0 Å². The largest absolute Gasteiger partial charge is 0.455 e. The third-order valence-electron chi connectivity index (χ3n) is 3.47. The van der Waals surface area contributed by atoms with Crippen LogP contribution in [-0.4, -0.2) is 44.8 Å². The Bertz CT molecular complexity index is 961. The average molecular weight is 466 g/mol. The minimum Gasteiger partial charge on any atom is -0.455 e. The molecule has 0 aromatic heterocycles. The topological polar surface area (TPSA) is 92.8 Å². The van der Waals surface area contributed by atoms with E-state index in [4.69, 9.17) is 39.5 Å². The van der Waals surface area contributed by atoms with Gasteiger partial charge in [-0.3, -0.25) is 9.59 Å². The van der Waals surface area contributed by atoms with Gasteiger partial charge in [-0.15, -0.1) is 0 Å². The van der Waals surface area contributed by atoms with E-state index in [-0.39, 0.29) is 20.6 Å². The number of esters is 1. The molecule has 0 atom stereocenters. The third kappa shape index (κ3) is 5.83. The molecule has 2 aromatic rings. The molecule has 0 unspecified atom stereocenters. The maximum absolute atomic E-state index is 12.4. The Morgan fingerprint density at radius 1 is 1.04 bits per heavy atom. The van der Waals surface area contributed by atoms with Crippen molar-refractivity contribution in [2.45, 2.75) is 4.90 Å². The third-order valence-corrected chi connectivity index (χ3v) is 6.16. The highest BCUT2D eigenvalue weighted by molar-refractivity contribution is 7.89. The zero-order valence-electron chi connectivity index (χ0n) is 14.5. The van der Waals surface area contributed by atoms with Gasteiger partial charge < -0.3 is 10.1 Å². The monoisotopic (exact) mass is 464 g/mol. The van der Waals surface area contributed by atoms with E-state index in [0.29, 0.717) is 5.02 Å². The summed E-state index contributed by atoms with van der Waals surface area (Å²) in [4.78, 5) is 23.8. The summed E-state index contributed by atoms with van der Waals surface area (Å²) in [5.74, 6) is -1.58. The van der Waals surface area contributed by atoms with Crippen LogP contribution in [0.4, 0.5) is 5.69 Å². The van der Waals surface area contributed by atoms with Gasteiger partial charge >= 0.3 is 5.97 Å². The van der Waals surface area contributed by atoms with E-state index in [2.05, 4.69) is 5.32 Å². The first-order valence-electron chi connectivity index (χ1n) is 7.72. The van der Waals surface area contributed by atoms with Crippen LogP contribution < -0.4 is 5.32 Å². The summed E-state index contributed by atoms with van der Waals surface area (Å²) in [6, 6.07) is 10.2. The summed E-state index contributed by atoms with van der Waals surface area (Å²) in [5, 5.41) is 3.25. The number of para-hydroxylation sites is 1. The quantitative estimate of drug-likeness (QED) is 0.632. The molecule has 0 aliphatic carbocycles. The summed E-state index contributed by atoms with van der Waals surface area (Å²) in [7, 11) is -2.69. The minimum atomic E-state index is -3.91. The molecule has 1 amide bonds. The fourth-order valence-corrected chi connectivity index (χ4v) is 3.77. The highest BCUT2D eigenvalue weighted by Crippen LogP contribution is 2.29. The number of sulfonamides is 1. The van der Waals surface area contributed by atoms with Crippen LogP contribution >= 0.6 is 34.8 Å². The van der Waals surface area contributed by atoms with E-state index < -0.39 is 35.1 Å². The lowest BCUT2D eigenvalue weighted by Crippen LogP contribution is -2.34. The summed E-state index contributed by atoms with van der Waals surface area (Å²) < 4.78 is 30.4. The number of hydrogen-bond acceptors (Lipinski definition) is 5. The van der Waals surface area contributed by atoms with Gasteiger partial charge in [-0.25, -0.2) is 8.42 Å². The number of nitrogens with one attached hydrogen (secondary N) is 1. The number of carbonyl (C=O) groups is 2. The lowest BCUT2D eigenvalue weighted by molar-refractivity contribution is -0.147. The first kappa shape index (κ1) is 22.4. The fourth-order valence-electron chi connectivity index (χ4n) is 2.04. The fraction of sp³-hybridized carbons (Fsp3) is 0.176. The first-order chi connectivity index (χ1) is 13.1. The van der Waals surface area contributed by atoms with Gasteiger partial charge in [0.2, 0.25) is 10.0 Å². The number of anilines is 1. The number of likely N-dealkylation sites (N-methyl/N-ethyl adjacent to an activating group) is 1. The zero-order chi connectivity index (χ0) is 20.9. The molecule has 0 aliphatic heterocycles. The van der Waals surface area contributed by atoms with Crippen molar-refractivity contribution >= 4 is 62.4 Å². The highest BCUT2D eigenvalue weighted by Gasteiger charge is 2.24. The Labute approximate surface area is 177 Å². The molecule has 0 spiro atoms. The predicted molar refractivity (Wildman–Crippen MR) is 107 cm³/mol. The second-order valence-corrected chi connectivity index (χ2v) is 8.82. The lowest BCUT2D eigenvalue weighted by Gasteiger charge is -2.16. The summed E-state index contributed by atoms with van der Waals surface area (Å²) in [6.07, 6.45) is 0. The SMILES string of the molecule is CN(CC(=O)OCC(=O)Nc1c(Cl)cccc1Cl)S(=O)(=O)c1ccc(Cl)cc1. The van der Waals surface area contributed by atoms with E-state index >= 15 is 0 Å². The van der Waals surface area contributed by atoms with Crippen LogP contribution in [0.5, 0.6) is 0 Å². The summed E-state index contributed by atoms with van der Waals surface area (Å²) in [6.45, 7) is -1.21. The van der Waals surface area contributed by atoms with Crippen LogP contribution in [0.25, 0.3) is 0 Å². The van der Waals surface area contributed by atoms with Crippen molar-refractivity contribution in [1.82, 2.24) is 4.31 Å². The lowest BCUT2D eigenvalue weighted by atomic mass is 10.3. The molecule has 7 nitrogen and oxygen atoms in total. The number of nitrogens with zero attached hydrogens (tertiary/aromatic N) is 1. The Balaban J connectivity index is 1.91. The second-order valence-electron chi connectivity index (χ2n) is 5.52. The molecule has 0 fully saturated rings. The Kier molecular flexibility index (Phi) is 7.68. The van der Waals surface area contributed by atoms with Gasteiger partial charge in [-0.1, -0.05) is 40.9 Å². The molecule has 0 saturated carbocycles. The van der Waals surface area contributed by atoms with Gasteiger partial charge in [0.15, 0.2) is 6.61 Å².